The number of aryl methyl sites for hydroxylation is 2. The van der Waals surface area contributed by atoms with Crippen molar-refractivity contribution in [2.45, 2.75) is 32.6 Å². The summed E-state index contributed by atoms with van der Waals surface area (Å²) in [7, 11) is 0. The molecule has 0 spiro atoms. The van der Waals surface area contributed by atoms with Crippen LogP contribution in [0.25, 0.3) is 0 Å². The molecule has 0 saturated carbocycles. The molecule has 0 aromatic heterocycles. The molecule has 2 aromatic rings. The average molecular weight is 380 g/mol. The van der Waals surface area contributed by atoms with Gasteiger partial charge >= 0.3 is 0 Å². The molecule has 0 fully saturated rings. The summed E-state index contributed by atoms with van der Waals surface area (Å²) in [6.07, 6.45) is 2.77. The summed E-state index contributed by atoms with van der Waals surface area (Å²) in [6, 6.07) is 13.4. The number of nitrogens with one attached hydrogen (secondary N) is 1. The lowest BCUT2D eigenvalue weighted by Crippen LogP contribution is -2.25. The van der Waals surface area contributed by atoms with E-state index in [2.05, 4.69) is 11.4 Å². The highest BCUT2D eigenvalue weighted by Gasteiger charge is 2.06. The Bertz CT molecular complexity index is 704. The Morgan fingerprint density at radius 3 is 2.64 bits per heavy atom. The number of amides is 1. The third-order valence-corrected chi connectivity index (χ3v) is 4.44. The molecule has 0 aliphatic heterocycles. The molecule has 0 aliphatic carbocycles. The predicted octanol–water partition coefficient (Wildman–Crippen LogP) is 5.07. The van der Waals surface area contributed by atoms with Gasteiger partial charge in [0.25, 0.3) is 0 Å². The number of benzene rings is 2. The van der Waals surface area contributed by atoms with Gasteiger partial charge in [0.2, 0.25) is 5.91 Å². The fourth-order valence-corrected chi connectivity index (χ4v) is 3.08. The molecule has 3 nitrogen and oxygen atoms in total. The lowest BCUT2D eigenvalue weighted by atomic mass is 10.1. The van der Waals surface area contributed by atoms with Crippen LogP contribution in [0.15, 0.2) is 42.5 Å². The number of halogens is 2. The molecule has 0 heterocycles. The zero-order valence-corrected chi connectivity index (χ0v) is 15.9. The van der Waals surface area contributed by atoms with Gasteiger partial charge in [-0.15, -0.1) is 0 Å². The molecule has 0 radical (unpaired) electrons. The molecule has 0 unspecified atom stereocenters. The van der Waals surface area contributed by atoms with Gasteiger partial charge in [-0.1, -0.05) is 47.5 Å². The lowest BCUT2D eigenvalue weighted by Gasteiger charge is -2.10. The monoisotopic (exact) mass is 379 g/mol. The largest absolute Gasteiger partial charge is 0.494 e. The smallest absolute Gasteiger partial charge is 0.220 e. The van der Waals surface area contributed by atoms with Crippen LogP contribution in [0, 0.1) is 0 Å². The zero-order chi connectivity index (χ0) is 18.1. The van der Waals surface area contributed by atoms with Crippen LogP contribution < -0.4 is 10.1 Å². The van der Waals surface area contributed by atoms with Gasteiger partial charge in [-0.3, -0.25) is 4.79 Å². The first-order valence-corrected chi connectivity index (χ1v) is 9.27. The summed E-state index contributed by atoms with van der Waals surface area (Å²) in [5.74, 6) is 0.956. The van der Waals surface area contributed by atoms with E-state index in [1.165, 1.54) is 5.56 Å². The van der Waals surface area contributed by atoms with Crippen molar-refractivity contribution in [3.63, 3.8) is 0 Å². The van der Waals surface area contributed by atoms with Crippen molar-refractivity contribution in [3.8, 4) is 5.75 Å². The van der Waals surface area contributed by atoms with Crippen molar-refractivity contribution >= 4 is 29.1 Å². The van der Waals surface area contributed by atoms with Crippen molar-refractivity contribution < 1.29 is 9.53 Å². The van der Waals surface area contributed by atoms with E-state index in [0.717, 1.165) is 24.2 Å². The average Bonchev–Trinajstić information content (AvgIpc) is 2.59. The zero-order valence-electron chi connectivity index (χ0n) is 14.4. The Balaban J connectivity index is 1.70. The second kappa shape index (κ2) is 10.3. The molecule has 5 heteroatoms. The highest BCUT2D eigenvalue weighted by molar-refractivity contribution is 6.35. The third kappa shape index (κ3) is 6.60. The van der Waals surface area contributed by atoms with E-state index in [1.54, 1.807) is 12.1 Å². The maximum Gasteiger partial charge on any atom is 0.220 e. The van der Waals surface area contributed by atoms with Gasteiger partial charge in [-0.05, 0) is 55.5 Å². The summed E-state index contributed by atoms with van der Waals surface area (Å²) < 4.78 is 5.61. The van der Waals surface area contributed by atoms with Gasteiger partial charge in [0, 0.05) is 23.0 Å². The first kappa shape index (κ1) is 19.6. The van der Waals surface area contributed by atoms with Crippen LogP contribution in [-0.4, -0.2) is 19.1 Å². The highest BCUT2D eigenvalue weighted by Crippen LogP contribution is 2.22. The second-order valence-electron chi connectivity index (χ2n) is 5.73. The fourth-order valence-electron chi connectivity index (χ4n) is 2.57. The van der Waals surface area contributed by atoms with Crippen LogP contribution in [0.5, 0.6) is 5.75 Å². The molecule has 0 bridgehead atoms. The van der Waals surface area contributed by atoms with E-state index in [9.17, 15) is 4.79 Å². The Hall–Kier alpha value is -1.71. The first-order valence-electron chi connectivity index (χ1n) is 8.51. The molecule has 25 heavy (non-hydrogen) atoms. The van der Waals surface area contributed by atoms with E-state index >= 15 is 0 Å². The highest BCUT2D eigenvalue weighted by atomic mass is 35.5. The number of ether oxygens (including phenoxy) is 1. The van der Waals surface area contributed by atoms with Crippen LogP contribution in [0.4, 0.5) is 0 Å². The number of para-hydroxylation sites is 1. The Morgan fingerprint density at radius 1 is 1.08 bits per heavy atom. The molecule has 0 aliphatic rings. The number of carbonyl (C=O) groups excluding carboxylic acids is 1. The van der Waals surface area contributed by atoms with Crippen molar-refractivity contribution in [3.05, 3.63) is 63.6 Å². The quantitative estimate of drug-likeness (QED) is 0.617. The van der Waals surface area contributed by atoms with Crippen LogP contribution in [0.2, 0.25) is 10.0 Å². The Labute approximate surface area is 159 Å². The maximum atomic E-state index is 12.0. The Kier molecular flexibility index (Phi) is 8.10. The van der Waals surface area contributed by atoms with Gasteiger partial charge in [-0.25, -0.2) is 0 Å². The van der Waals surface area contributed by atoms with Crippen LogP contribution in [-0.2, 0) is 17.6 Å². The number of rotatable bonds is 9. The van der Waals surface area contributed by atoms with E-state index in [1.807, 2.05) is 31.2 Å². The fraction of sp³-hybridized carbons (Fsp3) is 0.350. The lowest BCUT2D eigenvalue weighted by molar-refractivity contribution is -0.121. The molecule has 2 aromatic carbocycles. The van der Waals surface area contributed by atoms with Gasteiger partial charge in [0.1, 0.15) is 5.75 Å². The normalized spacial score (nSPS) is 10.5. The van der Waals surface area contributed by atoms with Gasteiger partial charge < -0.3 is 10.1 Å². The number of hydrogen-bond donors (Lipinski definition) is 1. The van der Waals surface area contributed by atoms with Crippen molar-refractivity contribution in [1.82, 2.24) is 5.32 Å². The third-order valence-electron chi connectivity index (χ3n) is 3.85. The SMILES string of the molecule is CCOc1ccccc1CCCNC(=O)CCc1ccc(Cl)cc1Cl. The molecule has 0 saturated heterocycles. The summed E-state index contributed by atoms with van der Waals surface area (Å²) in [4.78, 5) is 12.0. The summed E-state index contributed by atoms with van der Waals surface area (Å²) >= 11 is 12.0. The predicted molar refractivity (Wildman–Crippen MR) is 104 cm³/mol. The topological polar surface area (TPSA) is 38.3 Å². The van der Waals surface area contributed by atoms with Gasteiger partial charge in [-0.2, -0.15) is 0 Å². The van der Waals surface area contributed by atoms with Gasteiger partial charge in [0.15, 0.2) is 0 Å². The minimum atomic E-state index is 0.0316. The van der Waals surface area contributed by atoms with Crippen LogP contribution in [0.1, 0.15) is 30.9 Å². The minimum absolute atomic E-state index is 0.0316. The van der Waals surface area contributed by atoms with Gasteiger partial charge in [0.05, 0.1) is 6.61 Å². The molecule has 2 rings (SSSR count). The van der Waals surface area contributed by atoms with Crippen LogP contribution in [0.3, 0.4) is 0 Å². The molecular weight excluding hydrogens is 357 g/mol. The second-order valence-corrected chi connectivity index (χ2v) is 6.57. The first-order chi connectivity index (χ1) is 12.1. The molecule has 0 atom stereocenters. The maximum absolute atomic E-state index is 12.0. The molecule has 134 valence electrons. The van der Waals surface area contributed by atoms with Crippen molar-refractivity contribution in [1.29, 1.82) is 0 Å². The molecular formula is C20H23Cl2NO2. The van der Waals surface area contributed by atoms with Crippen LogP contribution >= 0.6 is 23.2 Å². The van der Waals surface area contributed by atoms with E-state index in [0.29, 0.717) is 36.0 Å². The minimum Gasteiger partial charge on any atom is -0.494 e. The number of carbonyl (C=O) groups is 1. The standard InChI is InChI=1S/C20H23Cl2NO2/c1-2-25-19-8-4-3-6-16(19)7-5-13-23-20(24)12-10-15-9-11-17(21)14-18(15)22/h3-4,6,8-9,11,14H,2,5,7,10,12-13H2,1H3,(H,23,24). The summed E-state index contributed by atoms with van der Waals surface area (Å²) in [5, 5.41) is 4.16. The van der Waals surface area contributed by atoms with Crippen molar-refractivity contribution in [2.75, 3.05) is 13.2 Å². The van der Waals surface area contributed by atoms with E-state index in [4.69, 9.17) is 27.9 Å². The van der Waals surface area contributed by atoms with E-state index in [-0.39, 0.29) is 5.91 Å². The molecule has 1 N–H and O–H groups in total. The number of hydrogen-bond acceptors (Lipinski definition) is 2. The van der Waals surface area contributed by atoms with E-state index < -0.39 is 0 Å². The summed E-state index contributed by atoms with van der Waals surface area (Å²) in [6.45, 7) is 3.28. The van der Waals surface area contributed by atoms with Crippen molar-refractivity contribution in [2.24, 2.45) is 0 Å². The Morgan fingerprint density at radius 2 is 1.88 bits per heavy atom. The summed E-state index contributed by atoms with van der Waals surface area (Å²) in [5.41, 5.74) is 2.11. The molecule has 1 amide bonds.